The van der Waals surface area contributed by atoms with E-state index >= 15 is 0 Å². The van der Waals surface area contributed by atoms with Gasteiger partial charge in [-0.15, -0.1) is 0 Å². The first-order valence-corrected chi connectivity index (χ1v) is 18.3. The van der Waals surface area contributed by atoms with Crippen molar-refractivity contribution in [1.82, 2.24) is 4.57 Å². The summed E-state index contributed by atoms with van der Waals surface area (Å²) in [6.07, 6.45) is 0. The molecule has 0 fully saturated rings. The van der Waals surface area contributed by atoms with E-state index in [2.05, 4.69) is 138 Å². The number of fused-ring (bicyclic) bond motifs is 12. The molecule has 0 N–H and O–H groups in total. The van der Waals surface area contributed by atoms with Crippen molar-refractivity contribution in [3.63, 3.8) is 0 Å². The minimum Gasteiger partial charge on any atom is -0.456 e. The molecule has 0 spiro atoms. The van der Waals surface area contributed by atoms with E-state index in [9.17, 15) is 5.26 Å². The van der Waals surface area contributed by atoms with E-state index in [1.165, 1.54) is 27.8 Å². The Morgan fingerprint density at radius 3 is 1.80 bits per heavy atom. The molecule has 4 nitrogen and oxygen atoms in total. The maximum absolute atomic E-state index is 10.5. The van der Waals surface area contributed by atoms with E-state index in [1.54, 1.807) is 0 Å². The fraction of sp³-hybridized carbons (Fsp3) is 0.0200. The highest BCUT2D eigenvalue weighted by Gasteiger charge is 2.32. The molecule has 0 saturated carbocycles. The van der Waals surface area contributed by atoms with Gasteiger partial charge in [-0.25, -0.2) is 0 Å². The summed E-state index contributed by atoms with van der Waals surface area (Å²) in [5, 5.41) is 17.3. The molecule has 0 amide bonds. The van der Waals surface area contributed by atoms with Gasteiger partial charge < -0.3 is 13.4 Å². The first kappa shape index (κ1) is 29.3. The molecular weight excluding hydrogens is 661 g/mol. The maximum Gasteiger partial charge on any atom is 0.137 e. The van der Waals surface area contributed by atoms with E-state index < -0.39 is 0 Å². The van der Waals surface area contributed by atoms with Crippen LogP contribution in [0.25, 0.3) is 93.6 Å². The second kappa shape index (κ2) is 10.8. The number of nitriles is 1. The molecule has 250 valence electrons. The van der Waals surface area contributed by atoms with Crippen molar-refractivity contribution in [3.05, 3.63) is 186 Å². The van der Waals surface area contributed by atoms with Crippen LogP contribution in [0, 0.1) is 11.3 Å². The van der Waals surface area contributed by atoms with Crippen molar-refractivity contribution in [2.45, 2.75) is 5.92 Å². The molecule has 0 radical (unpaired) electrons. The molecule has 1 unspecified atom stereocenters. The van der Waals surface area contributed by atoms with Crippen LogP contribution in [-0.2, 0) is 0 Å². The fourth-order valence-electron chi connectivity index (χ4n) is 9.19. The molecule has 3 heterocycles. The topological polar surface area (TPSA) is 55.0 Å². The molecular formula is C50H28N2O2. The van der Waals surface area contributed by atoms with Gasteiger partial charge in [-0.1, -0.05) is 103 Å². The normalized spacial score (nSPS) is 13.7. The Kier molecular flexibility index (Phi) is 5.87. The highest BCUT2D eigenvalue weighted by atomic mass is 16.3. The minimum atomic E-state index is -0.0196. The number of hydrogen-bond donors (Lipinski definition) is 0. The fourth-order valence-corrected chi connectivity index (χ4v) is 9.19. The van der Waals surface area contributed by atoms with E-state index in [4.69, 9.17) is 8.83 Å². The second-order valence-electron chi connectivity index (χ2n) is 14.3. The maximum atomic E-state index is 10.5. The molecule has 1 atom stereocenters. The number of furan rings is 2. The Labute approximate surface area is 309 Å². The largest absolute Gasteiger partial charge is 0.456 e. The van der Waals surface area contributed by atoms with Gasteiger partial charge in [0.15, 0.2) is 0 Å². The Hall–Kier alpha value is -7.35. The Morgan fingerprint density at radius 2 is 1.04 bits per heavy atom. The number of hydrogen-bond acceptors (Lipinski definition) is 3. The summed E-state index contributed by atoms with van der Waals surface area (Å²) in [7, 11) is 0. The lowest BCUT2D eigenvalue weighted by atomic mass is 9.84. The Morgan fingerprint density at radius 1 is 0.426 bits per heavy atom. The lowest BCUT2D eigenvalue weighted by Gasteiger charge is -2.20. The van der Waals surface area contributed by atoms with E-state index in [1.807, 2.05) is 36.4 Å². The van der Waals surface area contributed by atoms with Gasteiger partial charge in [0.05, 0.1) is 22.7 Å². The molecule has 0 bridgehead atoms. The quantitative estimate of drug-likeness (QED) is 0.186. The summed E-state index contributed by atoms with van der Waals surface area (Å²) in [6.45, 7) is 0. The van der Waals surface area contributed by atoms with Gasteiger partial charge in [0, 0.05) is 50.0 Å². The molecule has 1 aliphatic carbocycles. The van der Waals surface area contributed by atoms with Crippen molar-refractivity contribution in [2.24, 2.45) is 0 Å². The number of aromatic nitrogens is 1. The van der Waals surface area contributed by atoms with Crippen molar-refractivity contribution in [3.8, 4) is 34.0 Å². The summed E-state index contributed by atoms with van der Waals surface area (Å²) < 4.78 is 15.1. The van der Waals surface area contributed by atoms with E-state index in [0.717, 1.165) is 82.5 Å². The van der Waals surface area contributed by atoms with Crippen LogP contribution in [-0.4, -0.2) is 4.57 Å². The van der Waals surface area contributed by atoms with Crippen LogP contribution in [0.5, 0.6) is 0 Å². The third kappa shape index (κ3) is 4.01. The smallest absolute Gasteiger partial charge is 0.137 e. The van der Waals surface area contributed by atoms with Crippen molar-refractivity contribution in [2.75, 3.05) is 0 Å². The third-order valence-corrected chi connectivity index (χ3v) is 11.5. The molecule has 3 aromatic heterocycles. The average Bonchev–Trinajstić information content (AvgIpc) is 3.96. The molecule has 54 heavy (non-hydrogen) atoms. The van der Waals surface area contributed by atoms with Crippen LogP contribution in [0.15, 0.2) is 173 Å². The van der Waals surface area contributed by atoms with Crippen LogP contribution in [0.2, 0.25) is 0 Å². The highest BCUT2D eigenvalue weighted by Crippen LogP contribution is 2.52. The number of benzene rings is 8. The van der Waals surface area contributed by atoms with Crippen molar-refractivity contribution in [1.29, 1.82) is 5.26 Å². The zero-order chi connectivity index (χ0) is 35.5. The van der Waals surface area contributed by atoms with Gasteiger partial charge in [-0.3, -0.25) is 0 Å². The standard InChI is InChI=1S/C50H28N2O2/c51-28-29-21-30(23-31(22-29)52-44-18-8-5-13-34(44)40-25-42-36-15-7-10-20-47(36)54-49(42)27-45(40)52)32-11-1-3-16-37(32)50-38-17-4-2-12-33(38)39-24-41-35-14-6-9-19-46(35)53-48(41)26-43(39)50/h1-27,50H. The predicted octanol–water partition coefficient (Wildman–Crippen LogP) is 13.3. The minimum absolute atomic E-state index is 0.0196. The molecule has 12 rings (SSSR count). The van der Waals surface area contributed by atoms with E-state index in [-0.39, 0.29) is 5.92 Å². The zero-order valence-electron chi connectivity index (χ0n) is 28.9. The Bertz CT molecular complexity index is 3420. The summed E-state index contributed by atoms with van der Waals surface area (Å²) >= 11 is 0. The molecule has 4 heteroatoms. The van der Waals surface area contributed by atoms with E-state index in [0.29, 0.717) is 5.56 Å². The van der Waals surface area contributed by atoms with Gasteiger partial charge in [-0.2, -0.15) is 5.26 Å². The average molecular weight is 689 g/mol. The molecule has 1 aliphatic rings. The van der Waals surface area contributed by atoms with Crippen LogP contribution < -0.4 is 0 Å². The monoisotopic (exact) mass is 688 g/mol. The highest BCUT2D eigenvalue weighted by molar-refractivity contribution is 6.17. The SMILES string of the molecule is N#Cc1cc(-c2ccccc2C2c3ccccc3-c3cc4c(cc32)oc2ccccc24)cc(-n2c3ccccc3c3cc4c(cc32)oc2ccccc24)c1. The predicted molar refractivity (Wildman–Crippen MR) is 218 cm³/mol. The number of rotatable bonds is 3. The van der Waals surface area contributed by atoms with Crippen molar-refractivity contribution >= 4 is 65.7 Å². The van der Waals surface area contributed by atoms with Crippen molar-refractivity contribution < 1.29 is 8.83 Å². The first-order chi connectivity index (χ1) is 26.7. The Balaban J connectivity index is 1.09. The van der Waals surface area contributed by atoms with Gasteiger partial charge in [0.2, 0.25) is 0 Å². The summed E-state index contributed by atoms with van der Waals surface area (Å²) in [5.41, 5.74) is 15.4. The van der Waals surface area contributed by atoms with Crippen LogP contribution in [0.1, 0.15) is 28.2 Å². The zero-order valence-corrected chi connectivity index (χ0v) is 28.9. The molecule has 8 aromatic carbocycles. The lowest BCUT2D eigenvalue weighted by molar-refractivity contribution is 0.668. The van der Waals surface area contributed by atoms with Gasteiger partial charge >= 0.3 is 0 Å². The molecule has 11 aromatic rings. The summed E-state index contributed by atoms with van der Waals surface area (Å²) in [4.78, 5) is 0. The summed E-state index contributed by atoms with van der Waals surface area (Å²) in [6, 6.07) is 60.1. The van der Waals surface area contributed by atoms with Gasteiger partial charge in [0.25, 0.3) is 0 Å². The lowest BCUT2D eigenvalue weighted by Crippen LogP contribution is -2.02. The van der Waals surface area contributed by atoms with Gasteiger partial charge in [0.1, 0.15) is 22.3 Å². The summed E-state index contributed by atoms with van der Waals surface area (Å²) in [5.74, 6) is -0.0196. The van der Waals surface area contributed by atoms with Crippen LogP contribution >= 0.6 is 0 Å². The third-order valence-electron chi connectivity index (χ3n) is 11.5. The second-order valence-corrected chi connectivity index (χ2v) is 14.3. The number of nitrogens with zero attached hydrogens (tertiary/aromatic N) is 2. The molecule has 0 saturated heterocycles. The van der Waals surface area contributed by atoms with Crippen LogP contribution in [0.3, 0.4) is 0 Å². The molecule has 0 aliphatic heterocycles. The first-order valence-electron chi connectivity index (χ1n) is 18.3. The van der Waals surface area contributed by atoms with Gasteiger partial charge in [-0.05, 0) is 93.5 Å². The number of para-hydroxylation sites is 3. The van der Waals surface area contributed by atoms with Crippen LogP contribution in [0.4, 0.5) is 0 Å².